The van der Waals surface area contributed by atoms with Crippen molar-refractivity contribution in [2.75, 3.05) is 5.32 Å². The number of nitrogens with zero attached hydrogens (tertiary/aromatic N) is 4. The molecule has 0 amide bonds. The number of nitrogens with one attached hydrogen (secondary N) is 1. The minimum Gasteiger partial charge on any atom is -0.432 e. The predicted octanol–water partition coefficient (Wildman–Crippen LogP) is 5.12. The molecule has 3 heterocycles. The van der Waals surface area contributed by atoms with Crippen molar-refractivity contribution >= 4 is 16.6 Å². The first-order chi connectivity index (χ1) is 17.9. The standard InChI is InChI=1S/C26H23F4N5O3/c1-14(15-7-6-8-17(20(15)27)26(28,29)30)32-22-16-13-35(25(2)10-11-25)24(37)21(19(16)23(36)34(3)33-22)38-18-9-4-5-12-31-18/h4-9,12-14H,10-11H2,1-3H3,(H,32,33)/t14-/m1/s1. The predicted molar refractivity (Wildman–Crippen MR) is 132 cm³/mol. The van der Waals surface area contributed by atoms with Crippen LogP contribution in [0.5, 0.6) is 11.6 Å². The van der Waals surface area contributed by atoms with Crippen LogP contribution in [0.1, 0.15) is 43.9 Å². The van der Waals surface area contributed by atoms with Crippen LogP contribution in [0.4, 0.5) is 23.4 Å². The summed E-state index contributed by atoms with van der Waals surface area (Å²) in [6.45, 7) is 3.35. The lowest BCUT2D eigenvalue weighted by atomic mass is 10.0. The Labute approximate surface area is 213 Å². The third-order valence-electron chi connectivity index (χ3n) is 6.73. The summed E-state index contributed by atoms with van der Waals surface area (Å²) in [5.41, 5.74) is -3.29. The van der Waals surface area contributed by atoms with Crippen molar-refractivity contribution in [1.29, 1.82) is 0 Å². The summed E-state index contributed by atoms with van der Waals surface area (Å²) in [5.74, 6) is -1.50. The van der Waals surface area contributed by atoms with Crippen molar-refractivity contribution in [3.05, 3.63) is 86.4 Å². The number of aryl methyl sites for hydroxylation is 1. The van der Waals surface area contributed by atoms with Crippen LogP contribution in [0.25, 0.3) is 10.8 Å². The Morgan fingerprint density at radius 3 is 2.47 bits per heavy atom. The van der Waals surface area contributed by atoms with Gasteiger partial charge in [-0.15, -0.1) is 0 Å². The smallest absolute Gasteiger partial charge is 0.419 e. The average Bonchev–Trinajstić information content (AvgIpc) is 3.61. The maximum absolute atomic E-state index is 14.9. The lowest BCUT2D eigenvalue weighted by Crippen LogP contribution is -2.32. The molecule has 1 aliphatic rings. The number of rotatable bonds is 6. The van der Waals surface area contributed by atoms with E-state index >= 15 is 0 Å². The molecule has 1 fully saturated rings. The van der Waals surface area contributed by atoms with Crippen molar-refractivity contribution in [1.82, 2.24) is 19.3 Å². The van der Waals surface area contributed by atoms with E-state index in [1.54, 1.807) is 12.1 Å². The second-order valence-electron chi connectivity index (χ2n) is 9.54. The monoisotopic (exact) mass is 529 g/mol. The number of alkyl halides is 3. The Morgan fingerprint density at radius 1 is 1.11 bits per heavy atom. The molecule has 8 nitrogen and oxygen atoms in total. The zero-order valence-electron chi connectivity index (χ0n) is 20.6. The highest BCUT2D eigenvalue weighted by atomic mass is 19.4. The van der Waals surface area contributed by atoms with Crippen molar-refractivity contribution in [2.24, 2.45) is 7.05 Å². The molecule has 0 unspecified atom stereocenters. The highest BCUT2D eigenvalue weighted by Gasteiger charge is 2.41. The number of pyridine rings is 2. The summed E-state index contributed by atoms with van der Waals surface area (Å²) in [6, 6.07) is 6.90. The molecule has 1 saturated carbocycles. The van der Waals surface area contributed by atoms with Gasteiger partial charge in [0, 0.05) is 36.6 Å². The maximum Gasteiger partial charge on any atom is 0.419 e. The maximum atomic E-state index is 14.9. The Hall–Kier alpha value is -4.22. The summed E-state index contributed by atoms with van der Waals surface area (Å²) >= 11 is 0. The largest absolute Gasteiger partial charge is 0.432 e. The van der Waals surface area contributed by atoms with Gasteiger partial charge in [0.1, 0.15) is 11.2 Å². The highest BCUT2D eigenvalue weighted by molar-refractivity contribution is 5.94. The van der Waals surface area contributed by atoms with Crippen LogP contribution < -0.4 is 21.2 Å². The van der Waals surface area contributed by atoms with E-state index < -0.39 is 40.3 Å². The molecule has 5 rings (SSSR count). The molecule has 1 atom stereocenters. The molecule has 0 saturated heterocycles. The van der Waals surface area contributed by atoms with Gasteiger partial charge >= 0.3 is 6.18 Å². The molecule has 0 bridgehead atoms. The molecule has 198 valence electrons. The number of hydrogen-bond acceptors (Lipinski definition) is 6. The highest BCUT2D eigenvalue weighted by Crippen LogP contribution is 2.43. The molecule has 4 aromatic rings. The normalized spacial score (nSPS) is 15.3. The van der Waals surface area contributed by atoms with Gasteiger partial charge in [0.25, 0.3) is 11.1 Å². The third-order valence-corrected chi connectivity index (χ3v) is 6.73. The van der Waals surface area contributed by atoms with Crippen LogP contribution in [0, 0.1) is 5.82 Å². The zero-order valence-corrected chi connectivity index (χ0v) is 20.6. The fourth-order valence-electron chi connectivity index (χ4n) is 4.32. The van der Waals surface area contributed by atoms with Crippen LogP contribution in [0.3, 0.4) is 0 Å². The fraction of sp³-hybridized carbons (Fsp3) is 0.308. The number of benzene rings is 1. The molecular formula is C26H23F4N5O3. The van der Waals surface area contributed by atoms with E-state index in [0.29, 0.717) is 18.9 Å². The summed E-state index contributed by atoms with van der Waals surface area (Å²) < 4.78 is 63.0. The van der Waals surface area contributed by atoms with Crippen LogP contribution in [0.2, 0.25) is 0 Å². The van der Waals surface area contributed by atoms with Gasteiger partial charge in [-0.25, -0.2) is 14.1 Å². The van der Waals surface area contributed by atoms with E-state index in [2.05, 4.69) is 15.4 Å². The van der Waals surface area contributed by atoms with Gasteiger partial charge in [0.2, 0.25) is 11.6 Å². The molecular weight excluding hydrogens is 506 g/mol. The number of aromatic nitrogens is 4. The number of halogens is 4. The third kappa shape index (κ3) is 4.39. The first kappa shape index (κ1) is 25.4. The molecule has 1 aromatic carbocycles. The van der Waals surface area contributed by atoms with E-state index in [1.165, 1.54) is 43.1 Å². The van der Waals surface area contributed by atoms with Crippen LogP contribution in [-0.2, 0) is 18.8 Å². The number of ether oxygens (including phenoxy) is 1. The van der Waals surface area contributed by atoms with E-state index in [9.17, 15) is 27.2 Å². The average molecular weight is 529 g/mol. The van der Waals surface area contributed by atoms with Gasteiger partial charge in [-0.1, -0.05) is 18.2 Å². The molecule has 0 radical (unpaired) electrons. The fourth-order valence-corrected chi connectivity index (χ4v) is 4.32. The Balaban J connectivity index is 1.70. The van der Waals surface area contributed by atoms with Crippen LogP contribution >= 0.6 is 0 Å². The van der Waals surface area contributed by atoms with Gasteiger partial charge in [0.05, 0.1) is 17.0 Å². The summed E-state index contributed by atoms with van der Waals surface area (Å²) in [5, 5.41) is 7.30. The lowest BCUT2D eigenvalue weighted by Gasteiger charge is -2.21. The van der Waals surface area contributed by atoms with Gasteiger partial charge in [-0.3, -0.25) is 9.59 Å². The van der Waals surface area contributed by atoms with Gasteiger partial charge in [0.15, 0.2) is 5.82 Å². The summed E-state index contributed by atoms with van der Waals surface area (Å²) in [4.78, 5) is 30.8. The second kappa shape index (κ2) is 8.96. The molecule has 12 heteroatoms. The van der Waals surface area contributed by atoms with Gasteiger partial charge in [-0.05, 0) is 38.8 Å². The molecule has 3 aromatic heterocycles. The Bertz CT molecular complexity index is 1660. The quantitative estimate of drug-likeness (QED) is 0.349. The number of fused-ring (bicyclic) bond motifs is 1. The van der Waals surface area contributed by atoms with Crippen LogP contribution in [-0.4, -0.2) is 19.3 Å². The van der Waals surface area contributed by atoms with Crippen molar-refractivity contribution in [2.45, 2.75) is 44.4 Å². The van der Waals surface area contributed by atoms with E-state index in [-0.39, 0.29) is 33.8 Å². The zero-order chi connectivity index (χ0) is 27.4. The second-order valence-corrected chi connectivity index (χ2v) is 9.54. The molecule has 0 spiro atoms. The molecule has 38 heavy (non-hydrogen) atoms. The van der Waals surface area contributed by atoms with E-state index in [0.717, 1.165) is 10.7 Å². The first-order valence-electron chi connectivity index (χ1n) is 11.8. The topological polar surface area (TPSA) is 91.0 Å². The molecule has 1 N–H and O–H groups in total. The van der Waals surface area contributed by atoms with Gasteiger partial charge < -0.3 is 14.6 Å². The van der Waals surface area contributed by atoms with Crippen molar-refractivity contribution in [3.63, 3.8) is 0 Å². The SMILES string of the molecule is C[C@@H](Nc1nn(C)c(=O)c2c(Oc3ccccn3)c(=O)n(C3(C)CC3)cc12)c1cccc(C(F)(F)F)c1F. The first-order valence-corrected chi connectivity index (χ1v) is 11.8. The Morgan fingerprint density at radius 2 is 1.84 bits per heavy atom. The summed E-state index contributed by atoms with van der Waals surface area (Å²) in [7, 11) is 1.36. The molecule has 1 aliphatic carbocycles. The number of anilines is 1. The lowest BCUT2D eigenvalue weighted by molar-refractivity contribution is -0.140. The van der Waals surface area contributed by atoms with E-state index in [4.69, 9.17) is 4.74 Å². The van der Waals surface area contributed by atoms with Crippen molar-refractivity contribution < 1.29 is 22.3 Å². The Kier molecular flexibility index (Phi) is 6.00. The summed E-state index contributed by atoms with van der Waals surface area (Å²) in [6.07, 6.45) is -0.474. The van der Waals surface area contributed by atoms with E-state index in [1.807, 2.05) is 6.92 Å². The minimum atomic E-state index is -4.87. The minimum absolute atomic E-state index is 0.0651. The molecule has 0 aliphatic heterocycles. The van der Waals surface area contributed by atoms with Crippen molar-refractivity contribution in [3.8, 4) is 11.6 Å². The van der Waals surface area contributed by atoms with Gasteiger partial charge in [-0.2, -0.15) is 18.3 Å². The number of hydrogen-bond donors (Lipinski definition) is 1. The van der Waals surface area contributed by atoms with Crippen LogP contribution in [0.15, 0.2) is 58.4 Å².